The molecular formula is C12H10N4O. The van der Waals surface area contributed by atoms with Crippen molar-refractivity contribution in [2.75, 3.05) is 0 Å². The smallest absolute Gasteiger partial charge is 0.208 e. The van der Waals surface area contributed by atoms with Gasteiger partial charge in [0.15, 0.2) is 5.84 Å². The van der Waals surface area contributed by atoms with E-state index in [0.29, 0.717) is 18.0 Å². The lowest BCUT2D eigenvalue weighted by Gasteiger charge is -2.25. The Labute approximate surface area is 98.0 Å². The number of hydrogen-bond acceptors (Lipinski definition) is 5. The van der Waals surface area contributed by atoms with Crippen molar-refractivity contribution in [2.24, 2.45) is 20.0 Å². The lowest BCUT2D eigenvalue weighted by atomic mass is 9.97. The zero-order chi connectivity index (χ0) is 11.7. The van der Waals surface area contributed by atoms with Gasteiger partial charge in [-0.3, -0.25) is 0 Å². The Morgan fingerprint density at radius 3 is 2.71 bits per heavy atom. The zero-order valence-electron chi connectivity index (χ0n) is 8.98. The summed E-state index contributed by atoms with van der Waals surface area (Å²) in [6.45, 7) is 0. The fraction of sp³-hybridized carbons (Fsp3) is 0.167. The van der Waals surface area contributed by atoms with Crippen molar-refractivity contribution < 1.29 is 5.11 Å². The van der Waals surface area contributed by atoms with Gasteiger partial charge in [-0.1, -0.05) is 30.3 Å². The summed E-state index contributed by atoms with van der Waals surface area (Å²) in [4.78, 5) is 16.0. The first-order chi connectivity index (χ1) is 8.28. The van der Waals surface area contributed by atoms with Gasteiger partial charge >= 0.3 is 0 Å². The van der Waals surface area contributed by atoms with Crippen LogP contribution in [0, 0.1) is 0 Å². The molecule has 1 atom stereocenters. The van der Waals surface area contributed by atoms with Crippen LogP contribution in [0.1, 0.15) is 5.56 Å². The van der Waals surface area contributed by atoms with E-state index in [0.717, 1.165) is 5.56 Å². The first-order valence-electron chi connectivity index (χ1n) is 5.27. The van der Waals surface area contributed by atoms with E-state index in [1.54, 1.807) is 0 Å². The normalized spacial score (nSPS) is 25.5. The van der Waals surface area contributed by atoms with Gasteiger partial charge in [-0.25, -0.2) is 20.0 Å². The van der Waals surface area contributed by atoms with Crippen LogP contribution in [0.4, 0.5) is 0 Å². The quantitative estimate of drug-likeness (QED) is 0.797. The Bertz CT molecular complexity index is 559. The molecule has 0 saturated carbocycles. The summed E-state index contributed by atoms with van der Waals surface area (Å²) in [5.74, 6) is 0.443. The van der Waals surface area contributed by atoms with E-state index in [9.17, 15) is 5.11 Å². The topological polar surface area (TPSA) is 69.7 Å². The predicted molar refractivity (Wildman–Crippen MR) is 66.9 cm³/mol. The maximum absolute atomic E-state index is 10.5. The van der Waals surface area contributed by atoms with E-state index in [2.05, 4.69) is 20.0 Å². The largest absolute Gasteiger partial charge is 0.364 e. The molecule has 17 heavy (non-hydrogen) atoms. The monoisotopic (exact) mass is 226 g/mol. The van der Waals surface area contributed by atoms with Gasteiger partial charge in [0.2, 0.25) is 5.72 Å². The molecule has 1 N–H and O–H groups in total. The third-order valence-corrected chi connectivity index (χ3v) is 2.70. The number of benzene rings is 1. The van der Waals surface area contributed by atoms with Gasteiger partial charge in [-0.05, 0) is 5.56 Å². The lowest BCUT2D eigenvalue weighted by Crippen LogP contribution is -2.44. The molecule has 0 fully saturated rings. The standard InChI is InChI=1S/C12H10N4O/c17-12(6-9-4-2-1-3-5-9)10-11(14-7-13-10)15-8-16-12/h1-5,7-8,17H,6H2/t12-/m1/s1. The molecule has 2 heterocycles. The number of hydrogen-bond donors (Lipinski definition) is 1. The van der Waals surface area contributed by atoms with Crippen molar-refractivity contribution in [1.82, 2.24) is 0 Å². The number of amidine groups is 1. The van der Waals surface area contributed by atoms with Crippen LogP contribution in [0.25, 0.3) is 0 Å². The number of rotatable bonds is 2. The SMILES string of the molecule is O[C@@]1(Cc2ccccc2)N=CN=C2N=CN=C21. The highest BCUT2D eigenvalue weighted by Gasteiger charge is 2.39. The first kappa shape index (κ1) is 10.0. The number of nitrogens with zero attached hydrogens (tertiary/aromatic N) is 4. The van der Waals surface area contributed by atoms with Crippen molar-refractivity contribution in [2.45, 2.75) is 12.1 Å². The molecule has 0 spiro atoms. The molecule has 5 heteroatoms. The molecule has 0 amide bonds. The molecule has 0 bridgehead atoms. The van der Waals surface area contributed by atoms with E-state index >= 15 is 0 Å². The number of aliphatic hydroxyl groups is 1. The van der Waals surface area contributed by atoms with Gasteiger partial charge in [-0.15, -0.1) is 0 Å². The van der Waals surface area contributed by atoms with E-state index in [1.165, 1.54) is 12.7 Å². The van der Waals surface area contributed by atoms with Crippen molar-refractivity contribution in [3.8, 4) is 0 Å². The summed E-state index contributed by atoms with van der Waals surface area (Å²) >= 11 is 0. The summed E-state index contributed by atoms with van der Waals surface area (Å²) in [6.07, 6.45) is 3.09. The number of aliphatic imine (C=N–C) groups is 4. The maximum atomic E-state index is 10.5. The Kier molecular flexibility index (Phi) is 2.19. The highest BCUT2D eigenvalue weighted by molar-refractivity contribution is 6.50. The Morgan fingerprint density at radius 2 is 1.88 bits per heavy atom. The molecule has 1 aromatic carbocycles. The minimum atomic E-state index is -1.35. The molecule has 0 radical (unpaired) electrons. The van der Waals surface area contributed by atoms with Gasteiger partial charge in [0, 0.05) is 6.42 Å². The minimum Gasteiger partial charge on any atom is -0.364 e. The molecule has 0 saturated heterocycles. The zero-order valence-corrected chi connectivity index (χ0v) is 8.98. The van der Waals surface area contributed by atoms with Crippen LogP contribution < -0.4 is 0 Å². The highest BCUT2D eigenvalue weighted by atomic mass is 16.3. The van der Waals surface area contributed by atoms with Crippen LogP contribution in [0.2, 0.25) is 0 Å². The van der Waals surface area contributed by atoms with E-state index in [-0.39, 0.29) is 0 Å². The first-order valence-corrected chi connectivity index (χ1v) is 5.27. The van der Waals surface area contributed by atoms with Crippen molar-refractivity contribution in [3.63, 3.8) is 0 Å². The van der Waals surface area contributed by atoms with Crippen LogP contribution in [0.3, 0.4) is 0 Å². The van der Waals surface area contributed by atoms with Crippen LogP contribution in [-0.2, 0) is 6.42 Å². The van der Waals surface area contributed by atoms with E-state index in [4.69, 9.17) is 0 Å². The Morgan fingerprint density at radius 1 is 1.06 bits per heavy atom. The van der Waals surface area contributed by atoms with Crippen LogP contribution >= 0.6 is 0 Å². The predicted octanol–water partition coefficient (Wildman–Crippen LogP) is 0.841. The summed E-state index contributed by atoms with van der Waals surface area (Å²) in [5.41, 5.74) is 0.0569. The lowest BCUT2D eigenvalue weighted by molar-refractivity contribution is 0.125. The average molecular weight is 226 g/mol. The molecule has 2 aliphatic rings. The van der Waals surface area contributed by atoms with Gasteiger partial charge in [0.25, 0.3) is 0 Å². The van der Waals surface area contributed by atoms with Gasteiger partial charge in [0.1, 0.15) is 18.4 Å². The second kappa shape index (κ2) is 3.71. The highest BCUT2D eigenvalue weighted by Crippen LogP contribution is 2.22. The molecule has 84 valence electrons. The summed E-state index contributed by atoms with van der Waals surface area (Å²) in [7, 11) is 0. The minimum absolute atomic E-state index is 0.367. The summed E-state index contributed by atoms with van der Waals surface area (Å²) < 4.78 is 0. The second-order valence-electron chi connectivity index (χ2n) is 3.90. The summed E-state index contributed by atoms with van der Waals surface area (Å²) in [6, 6.07) is 9.66. The molecule has 0 aromatic heterocycles. The van der Waals surface area contributed by atoms with Crippen molar-refractivity contribution in [1.29, 1.82) is 0 Å². The molecule has 1 aromatic rings. The van der Waals surface area contributed by atoms with Gasteiger partial charge in [-0.2, -0.15) is 0 Å². The second-order valence-corrected chi connectivity index (χ2v) is 3.90. The fourth-order valence-corrected chi connectivity index (χ4v) is 1.89. The Hall–Kier alpha value is -2.14. The van der Waals surface area contributed by atoms with Crippen LogP contribution in [0.15, 0.2) is 50.3 Å². The number of fused-ring (bicyclic) bond motifs is 1. The van der Waals surface area contributed by atoms with Crippen molar-refractivity contribution >= 4 is 24.2 Å². The molecule has 0 aliphatic carbocycles. The van der Waals surface area contributed by atoms with Gasteiger partial charge in [0.05, 0.1) is 0 Å². The molecule has 3 rings (SSSR count). The van der Waals surface area contributed by atoms with E-state index in [1.807, 2.05) is 30.3 Å². The summed E-state index contributed by atoms with van der Waals surface area (Å²) in [5, 5.41) is 10.5. The third kappa shape index (κ3) is 1.70. The van der Waals surface area contributed by atoms with Gasteiger partial charge < -0.3 is 5.11 Å². The molecule has 0 unspecified atom stereocenters. The van der Waals surface area contributed by atoms with Crippen LogP contribution in [-0.4, -0.2) is 35.1 Å². The average Bonchev–Trinajstić information content (AvgIpc) is 2.80. The van der Waals surface area contributed by atoms with E-state index < -0.39 is 5.72 Å². The molecule has 2 aliphatic heterocycles. The van der Waals surface area contributed by atoms with Crippen LogP contribution in [0.5, 0.6) is 0 Å². The molecular weight excluding hydrogens is 216 g/mol. The maximum Gasteiger partial charge on any atom is 0.208 e. The fourth-order valence-electron chi connectivity index (χ4n) is 1.89. The molecule has 5 nitrogen and oxygen atoms in total. The van der Waals surface area contributed by atoms with Crippen molar-refractivity contribution in [3.05, 3.63) is 35.9 Å². The third-order valence-electron chi connectivity index (χ3n) is 2.70. The Balaban J connectivity index is 1.93.